The molecule has 1 aromatic heterocycles. The number of nitrogens with zero attached hydrogens (tertiary/aromatic N) is 4. The Morgan fingerprint density at radius 1 is 1.42 bits per heavy atom. The highest BCUT2D eigenvalue weighted by molar-refractivity contribution is 6.31. The molecule has 1 fully saturated rings. The van der Waals surface area contributed by atoms with Gasteiger partial charge in [-0.25, -0.2) is 4.68 Å². The van der Waals surface area contributed by atoms with E-state index in [0.29, 0.717) is 16.6 Å². The van der Waals surface area contributed by atoms with E-state index in [-0.39, 0.29) is 0 Å². The van der Waals surface area contributed by atoms with E-state index in [1.165, 1.54) is 6.42 Å². The molecule has 2 aromatic rings. The lowest BCUT2D eigenvalue weighted by molar-refractivity contribution is 0.402. The molecular formula is C14H13ClN4. The first-order valence-electron chi connectivity index (χ1n) is 6.33. The van der Waals surface area contributed by atoms with E-state index < -0.39 is 0 Å². The van der Waals surface area contributed by atoms with Crippen molar-refractivity contribution in [1.29, 1.82) is 5.26 Å². The topological polar surface area (TPSA) is 54.5 Å². The number of nitriles is 1. The molecule has 1 aromatic carbocycles. The van der Waals surface area contributed by atoms with Gasteiger partial charge in [0.2, 0.25) is 0 Å². The number of aryl methyl sites for hydroxylation is 1. The van der Waals surface area contributed by atoms with Gasteiger partial charge in [0, 0.05) is 10.9 Å². The van der Waals surface area contributed by atoms with E-state index in [4.69, 9.17) is 16.9 Å². The van der Waals surface area contributed by atoms with Gasteiger partial charge >= 0.3 is 0 Å². The summed E-state index contributed by atoms with van der Waals surface area (Å²) in [5.41, 5.74) is 3.25. The molecule has 19 heavy (non-hydrogen) atoms. The summed E-state index contributed by atoms with van der Waals surface area (Å²) in [5.74, 6) is 0.393. The molecule has 0 radical (unpaired) electrons. The van der Waals surface area contributed by atoms with E-state index in [9.17, 15) is 0 Å². The highest BCUT2D eigenvalue weighted by atomic mass is 35.5. The Morgan fingerprint density at radius 2 is 2.21 bits per heavy atom. The fraction of sp³-hybridized carbons (Fsp3) is 0.357. The molecule has 0 bridgehead atoms. The van der Waals surface area contributed by atoms with Gasteiger partial charge in [-0.15, -0.1) is 5.10 Å². The van der Waals surface area contributed by atoms with Crippen molar-refractivity contribution in [2.75, 3.05) is 0 Å². The van der Waals surface area contributed by atoms with Gasteiger partial charge in [-0.2, -0.15) is 5.26 Å². The Bertz CT molecular complexity index is 665. The molecule has 1 aliphatic carbocycles. The maximum Gasteiger partial charge on any atom is 0.186 e. The van der Waals surface area contributed by atoms with Crippen molar-refractivity contribution in [1.82, 2.24) is 15.0 Å². The van der Waals surface area contributed by atoms with Crippen LogP contribution in [0.25, 0.3) is 5.69 Å². The molecule has 4 nitrogen and oxygen atoms in total. The van der Waals surface area contributed by atoms with E-state index in [2.05, 4.69) is 16.4 Å². The van der Waals surface area contributed by atoms with Crippen LogP contribution in [-0.2, 0) is 0 Å². The first-order valence-corrected chi connectivity index (χ1v) is 6.70. The molecule has 1 saturated carbocycles. The number of hydrogen-bond donors (Lipinski definition) is 0. The molecule has 0 N–H and O–H groups in total. The molecule has 0 spiro atoms. The fourth-order valence-corrected chi connectivity index (χ4v) is 2.50. The predicted molar refractivity (Wildman–Crippen MR) is 72.4 cm³/mol. The molecule has 3 rings (SSSR count). The lowest BCUT2D eigenvalue weighted by Gasteiger charge is -2.25. The summed E-state index contributed by atoms with van der Waals surface area (Å²) in [6, 6.07) is 7.92. The van der Waals surface area contributed by atoms with E-state index in [0.717, 1.165) is 29.8 Å². The highest BCUT2D eigenvalue weighted by Crippen LogP contribution is 2.38. The minimum absolute atomic E-state index is 0.393. The number of halogens is 1. The summed E-state index contributed by atoms with van der Waals surface area (Å²) in [7, 11) is 0. The maximum absolute atomic E-state index is 9.15. The van der Waals surface area contributed by atoms with Crippen molar-refractivity contribution < 1.29 is 0 Å². The fourth-order valence-electron chi connectivity index (χ4n) is 2.32. The van der Waals surface area contributed by atoms with Crippen LogP contribution in [0.5, 0.6) is 0 Å². The summed E-state index contributed by atoms with van der Waals surface area (Å²) in [4.78, 5) is 0. The lowest BCUT2D eigenvalue weighted by atomic mass is 9.82. The summed E-state index contributed by atoms with van der Waals surface area (Å²) < 4.78 is 1.76. The van der Waals surface area contributed by atoms with Crippen LogP contribution in [-0.4, -0.2) is 15.0 Å². The van der Waals surface area contributed by atoms with E-state index in [1.807, 2.05) is 25.1 Å². The second-order valence-electron chi connectivity index (χ2n) is 4.91. The average molecular weight is 273 g/mol. The van der Waals surface area contributed by atoms with Gasteiger partial charge in [0.15, 0.2) is 5.69 Å². The molecule has 96 valence electrons. The molecule has 0 saturated heterocycles. The molecule has 0 atom stereocenters. The third-order valence-electron chi connectivity index (χ3n) is 3.70. The van der Waals surface area contributed by atoms with E-state index >= 15 is 0 Å². The van der Waals surface area contributed by atoms with Crippen molar-refractivity contribution in [3.05, 3.63) is 40.2 Å². The Kier molecular flexibility index (Phi) is 3.00. The Hall–Kier alpha value is -1.86. The van der Waals surface area contributed by atoms with Gasteiger partial charge < -0.3 is 0 Å². The zero-order valence-electron chi connectivity index (χ0n) is 10.6. The first kappa shape index (κ1) is 12.2. The van der Waals surface area contributed by atoms with Crippen LogP contribution >= 0.6 is 11.6 Å². The van der Waals surface area contributed by atoms with Crippen molar-refractivity contribution in [2.45, 2.75) is 32.1 Å². The van der Waals surface area contributed by atoms with Crippen molar-refractivity contribution in [3.8, 4) is 11.8 Å². The molecule has 0 aliphatic heterocycles. The number of aromatic nitrogens is 3. The number of benzene rings is 1. The van der Waals surface area contributed by atoms with Crippen LogP contribution in [0.1, 0.15) is 42.1 Å². The standard InChI is InChI=1S/C14H13ClN4/c1-9-5-6-11(7-12(9)15)19-14(10-3-2-4-10)13(8-16)17-18-19/h5-7,10H,2-4H2,1H3. The quantitative estimate of drug-likeness (QED) is 0.842. The summed E-state index contributed by atoms with van der Waals surface area (Å²) in [6.45, 7) is 1.96. The van der Waals surface area contributed by atoms with Gasteiger partial charge in [-0.1, -0.05) is 29.3 Å². The number of rotatable bonds is 2. The molecule has 5 heteroatoms. The van der Waals surface area contributed by atoms with Crippen LogP contribution in [0.4, 0.5) is 0 Å². The molecule has 1 heterocycles. The first-order chi connectivity index (χ1) is 9.20. The van der Waals surface area contributed by atoms with Crippen LogP contribution in [0, 0.1) is 18.3 Å². The van der Waals surface area contributed by atoms with Crippen molar-refractivity contribution in [3.63, 3.8) is 0 Å². The third kappa shape index (κ3) is 2.00. The summed E-state index contributed by atoms with van der Waals surface area (Å²) in [6.07, 6.45) is 3.40. The normalized spacial score (nSPS) is 15.0. The minimum atomic E-state index is 0.393. The lowest BCUT2D eigenvalue weighted by Crippen LogP contribution is -2.15. The largest absolute Gasteiger partial charge is 0.216 e. The Morgan fingerprint density at radius 3 is 2.79 bits per heavy atom. The molecule has 0 unspecified atom stereocenters. The van der Waals surface area contributed by atoms with Crippen LogP contribution in [0.15, 0.2) is 18.2 Å². The predicted octanol–water partition coefficient (Wildman–Crippen LogP) is 3.37. The highest BCUT2D eigenvalue weighted by Gasteiger charge is 2.28. The zero-order chi connectivity index (χ0) is 13.4. The zero-order valence-corrected chi connectivity index (χ0v) is 11.4. The SMILES string of the molecule is Cc1ccc(-n2nnc(C#N)c2C2CCC2)cc1Cl. The third-order valence-corrected chi connectivity index (χ3v) is 4.11. The van der Waals surface area contributed by atoms with Crippen molar-refractivity contribution in [2.24, 2.45) is 0 Å². The molecule has 0 amide bonds. The van der Waals surface area contributed by atoms with Gasteiger partial charge in [-0.05, 0) is 37.5 Å². The summed E-state index contributed by atoms with van der Waals surface area (Å²) >= 11 is 6.16. The Labute approximate surface area is 116 Å². The van der Waals surface area contributed by atoms with Crippen LogP contribution in [0.2, 0.25) is 5.02 Å². The maximum atomic E-state index is 9.15. The summed E-state index contributed by atoms with van der Waals surface area (Å²) in [5, 5.41) is 17.9. The molecular weight excluding hydrogens is 260 g/mol. The molecule has 1 aliphatic rings. The second-order valence-corrected chi connectivity index (χ2v) is 5.32. The average Bonchev–Trinajstić information content (AvgIpc) is 2.74. The van der Waals surface area contributed by atoms with Gasteiger partial charge in [0.05, 0.1) is 11.4 Å². The van der Waals surface area contributed by atoms with Crippen molar-refractivity contribution >= 4 is 11.6 Å². The monoisotopic (exact) mass is 272 g/mol. The smallest absolute Gasteiger partial charge is 0.186 e. The van der Waals surface area contributed by atoms with Gasteiger partial charge in [0.25, 0.3) is 0 Å². The van der Waals surface area contributed by atoms with Crippen LogP contribution in [0.3, 0.4) is 0 Å². The van der Waals surface area contributed by atoms with Crippen LogP contribution < -0.4 is 0 Å². The Balaban J connectivity index is 2.11. The second kappa shape index (κ2) is 4.67. The van der Waals surface area contributed by atoms with E-state index in [1.54, 1.807) is 4.68 Å². The van der Waals surface area contributed by atoms with Gasteiger partial charge in [0.1, 0.15) is 6.07 Å². The van der Waals surface area contributed by atoms with Gasteiger partial charge in [-0.3, -0.25) is 0 Å². The number of hydrogen-bond acceptors (Lipinski definition) is 3. The minimum Gasteiger partial charge on any atom is -0.216 e.